The normalized spacial score (nSPS) is 23.7. The Morgan fingerprint density at radius 2 is 1.88 bits per heavy atom. The number of benzene rings is 1. The summed E-state index contributed by atoms with van der Waals surface area (Å²) in [5.41, 5.74) is 3.61. The summed E-state index contributed by atoms with van der Waals surface area (Å²) in [4.78, 5) is 27.0. The minimum atomic E-state index is -0.0780. The summed E-state index contributed by atoms with van der Waals surface area (Å²) in [5.74, 6) is 0.000464. The first kappa shape index (κ1) is 16.4. The van der Waals surface area contributed by atoms with Gasteiger partial charge in [0, 0.05) is 31.2 Å². The highest BCUT2D eigenvalue weighted by atomic mass is 16.2. The van der Waals surface area contributed by atoms with E-state index in [9.17, 15) is 9.59 Å². The zero-order chi connectivity index (χ0) is 17.4. The van der Waals surface area contributed by atoms with E-state index in [0.29, 0.717) is 13.1 Å². The molecule has 3 amide bonds. The molecule has 25 heavy (non-hydrogen) atoms. The van der Waals surface area contributed by atoms with Crippen LogP contribution >= 0.6 is 0 Å². The number of aryl methyl sites for hydroxylation is 2. The standard InChI is InChI=1S/C20H27N3O2/c1-21-18(24)17-12-23(13-20(17)9-2-3-10-20)19(25)22-16-8-7-14-5-4-6-15(14)11-16/h7-8,11,17H,2-6,9-10,12-13H2,1H3,(H,21,24)(H,22,25). The lowest BCUT2D eigenvalue weighted by Crippen LogP contribution is -2.38. The Morgan fingerprint density at radius 3 is 2.64 bits per heavy atom. The lowest BCUT2D eigenvalue weighted by atomic mass is 9.76. The van der Waals surface area contributed by atoms with Gasteiger partial charge in [0.15, 0.2) is 0 Å². The summed E-state index contributed by atoms with van der Waals surface area (Å²) in [6, 6.07) is 6.17. The van der Waals surface area contributed by atoms with Crippen LogP contribution in [0.25, 0.3) is 0 Å². The smallest absolute Gasteiger partial charge is 0.321 e. The molecule has 1 aromatic carbocycles. The van der Waals surface area contributed by atoms with Crippen LogP contribution in [0.3, 0.4) is 0 Å². The average Bonchev–Trinajstić information content (AvgIpc) is 3.34. The van der Waals surface area contributed by atoms with Gasteiger partial charge in [0.2, 0.25) is 5.91 Å². The van der Waals surface area contributed by atoms with Gasteiger partial charge in [-0.15, -0.1) is 0 Å². The molecule has 1 spiro atoms. The topological polar surface area (TPSA) is 61.4 Å². The van der Waals surface area contributed by atoms with Gasteiger partial charge in [0.1, 0.15) is 0 Å². The summed E-state index contributed by atoms with van der Waals surface area (Å²) < 4.78 is 0. The molecule has 2 N–H and O–H groups in total. The Balaban J connectivity index is 1.48. The van der Waals surface area contributed by atoms with Gasteiger partial charge in [-0.3, -0.25) is 4.79 Å². The highest BCUT2D eigenvalue weighted by Crippen LogP contribution is 2.49. The van der Waals surface area contributed by atoms with Gasteiger partial charge in [0.25, 0.3) is 0 Å². The van der Waals surface area contributed by atoms with E-state index >= 15 is 0 Å². The first-order valence-electron chi connectivity index (χ1n) is 9.51. The Labute approximate surface area is 149 Å². The quantitative estimate of drug-likeness (QED) is 0.869. The van der Waals surface area contributed by atoms with Crippen molar-refractivity contribution in [3.8, 4) is 0 Å². The molecule has 1 atom stereocenters. The number of hydrogen-bond acceptors (Lipinski definition) is 2. The largest absolute Gasteiger partial charge is 0.359 e. The van der Waals surface area contributed by atoms with Crippen molar-refractivity contribution >= 4 is 17.6 Å². The maximum Gasteiger partial charge on any atom is 0.321 e. The van der Waals surface area contributed by atoms with Crippen molar-refractivity contribution < 1.29 is 9.59 Å². The van der Waals surface area contributed by atoms with Gasteiger partial charge in [-0.1, -0.05) is 18.9 Å². The zero-order valence-corrected chi connectivity index (χ0v) is 14.9. The molecule has 3 aliphatic rings. The van der Waals surface area contributed by atoms with Crippen LogP contribution in [0.15, 0.2) is 18.2 Å². The van der Waals surface area contributed by atoms with Crippen molar-refractivity contribution in [2.45, 2.75) is 44.9 Å². The number of urea groups is 1. The molecular weight excluding hydrogens is 314 g/mol. The average molecular weight is 341 g/mol. The number of likely N-dealkylation sites (tertiary alicyclic amines) is 1. The Bertz CT molecular complexity index is 694. The van der Waals surface area contributed by atoms with Crippen LogP contribution in [0.2, 0.25) is 0 Å². The fraction of sp³-hybridized carbons (Fsp3) is 0.600. The molecule has 0 bridgehead atoms. The van der Waals surface area contributed by atoms with Gasteiger partial charge in [-0.05, 0) is 55.4 Å². The van der Waals surface area contributed by atoms with Crippen molar-refractivity contribution in [1.82, 2.24) is 10.2 Å². The van der Waals surface area contributed by atoms with Gasteiger partial charge in [-0.25, -0.2) is 4.79 Å². The number of carbonyl (C=O) groups excluding carboxylic acids is 2. The molecule has 1 heterocycles. The predicted octanol–water partition coefficient (Wildman–Crippen LogP) is 2.95. The van der Waals surface area contributed by atoms with Gasteiger partial charge in [-0.2, -0.15) is 0 Å². The van der Waals surface area contributed by atoms with Crippen LogP contribution in [-0.4, -0.2) is 37.0 Å². The van der Waals surface area contributed by atoms with Gasteiger partial charge >= 0.3 is 6.03 Å². The maximum atomic E-state index is 12.8. The van der Waals surface area contributed by atoms with Crippen molar-refractivity contribution in [3.63, 3.8) is 0 Å². The molecule has 1 unspecified atom stereocenters. The third-order valence-corrected chi connectivity index (χ3v) is 6.45. The van der Waals surface area contributed by atoms with E-state index in [1.165, 1.54) is 17.5 Å². The van der Waals surface area contributed by atoms with Crippen LogP contribution in [-0.2, 0) is 17.6 Å². The second-order valence-corrected chi connectivity index (χ2v) is 7.88. The second kappa shape index (κ2) is 6.36. The fourth-order valence-corrected chi connectivity index (χ4v) is 5.10. The van der Waals surface area contributed by atoms with E-state index < -0.39 is 0 Å². The molecule has 1 saturated carbocycles. The van der Waals surface area contributed by atoms with Crippen molar-refractivity contribution in [1.29, 1.82) is 0 Å². The van der Waals surface area contributed by atoms with Gasteiger partial charge < -0.3 is 15.5 Å². The number of carbonyl (C=O) groups is 2. The van der Waals surface area contributed by atoms with Crippen molar-refractivity contribution in [2.24, 2.45) is 11.3 Å². The summed E-state index contributed by atoms with van der Waals surface area (Å²) in [5, 5.41) is 5.85. The highest BCUT2D eigenvalue weighted by Gasteiger charge is 2.52. The number of nitrogens with zero attached hydrogens (tertiary/aromatic N) is 1. The summed E-state index contributed by atoms with van der Waals surface area (Å²) in [6.45, 7) is 1.22. The molecular formula is C20H27N3O2. The number of nitrogens with one attached hydrogen (secondary N) is 2. The Morgan fingerprint density at radius 1 is 1.12 bits per heavy atom. The number of rotatable bonds is 2. The van der Waals surface area contributed by atoms with E-state index in [2.05, 4.69) is 22.8 Å². The molecule has 1 saturated heterocycles. The van der Waals surface area contributed by atoms with Crippen LogP contribution in [0, 0.1) is 11.3 Å². The minimum Gasteiger partial charge on any atom is -0.359 e. The van der Waals surface area contributed by atoms with Crippen LogP contribution in [0.4, 0.5) is 10.5 Å². The molecule has 5 heteroatoms. The van der Waals surface area contributed by atoms with Crippen LogP contribution in [0.5, 0.6) is 0 Å². The lowest BCUT2D eigenvalue weighted by Gasteiger charge is -2.28. The van der Waals surface area contributed by atoms with E-state index in [1.54, 1.807) is 7.05 Å². The monoisotopic (exact) mass is 341 g/mol. The highest BCUT2D eigenvalue weighted by molar-refractivity contribution is 5.91. The molecule has 2 aliphatic carbocycles. The van der Waals surface area contributed by atoms with Gasteiger partial charge in [0.05, 0.1) is 5.92 Å². The molecule has 1 aromatic rings. The fourth-order valence-electron chi connectivity index (χ4n) is 5.10. The molecule has 4 rings (SSSR count). The summed E-state index contributed by atoms with van der Waals surface area (Å²) in [7, 11) is 1.69. The molecule has 134 valence electrons. The maximum absolute atomic E-state index is 12.8. The zero-order valence-electron chi connectivity index (χ0n) is 14.9. The Kier molecular flexibility index (Phi) is 4.18. The number of amides is 3. The number of anilines is 1. The SMILES string of the molecule is CNC(=O)C1CN(C(=O)Nc2ccc3c(c2)CCC3)CC12CCCC2. The molecule has 5 nitrogen and oxygen atoms in total. The lowest BCUT2D eigenvalue weighted by molar-refractivity contribution is -0.127. The molecule has 0 aromatic heterocycles. The molecule has 0 radical (unpaired) electrons. The van der Waals surface area contributed by atoms with Crippen molar-refractivity contribution in [3.05, 3.63) is 29.3 Å². The van der Waals surface area contributed by atoms with E-state index in [-0.39, 0.29) is 23.3 Å². The third-order valence-electron chi connectivity index (χ3n) is 6.45. The third kappa shape index (κ3) is 2.90. The number of hydrogen-bond donors (Lipinski definition) is 2. The van der Waals surface area contributed by atoms with Crippen molar-refractivity contribution in [2.75, 3.05) is 25.5 Å². The molecule has 1 aliphatic heterocycles. The Hall–Kier alpha value is -2.04. The second-order valence-electron chi connectivity index (χ2n) is 7.88. The first-order valence-corrected chi connectivity index (χ1v) is 9.51. The number of fused-ring (bicyclic) bond motifs is 1. The van der Waals surface area contributed by atoms with Crippen LogP contribution in [0.1, 0.15) is 43.2 Å². The first-order chi connectivity index (χ1) is 12.1. The summed E-state index contributed by atoms with van der Waals surface area (Å²) in [6.07, 6.45) is 7.87. The van der Waals surface area contributed by atoms with E-state index in [4.69, 9.17) is 0 Å². The predicted molar refractivity (Wildman–Crippen MR) is 97.5 cm³/mol. The summed E-state index contributed by atoms with van der Waals surface area (Å²) >= 11 is 0. The van der Waals surface area contributed by atoms with E-state index in [1.807, 2.05) is 11.0 Å². The minimum absolute atomic E-state index is 0.0185. The van der Waals surface area contributed by atoms with E-state index in [0.717, 1.165) is 44.2 Å². The van der Waals surface area contributed by atoms with Crippen LogP contribution < -0.4 is 10.6 Å². The molecule has 2 fully saturated rings.